The highest BCUT2D eigenvalue weighted by Gasteiger charge is 2.68. The monoisotopic (exact) mass is 300 g/mol. The lowest BCUT2D eigenvalue weighted by atomic mass is 9.74. The van der Waals surface area contributed by atoms with E-state index >= 15 is 0 Å². The summed E-state index contributed by atoms with van der Waals surface area (Å²) in [5.74, 6) is -0.704. The predicted octanol–water partition coefficient (Wildman–Crippen LogP) is 0.0431. The minimum Gasteiger partial charge on any atom is -0.343 e. The first kappa shape index (κ1) is 15.6. The molecule has 2 unspecified atom stereocenters. The summed E-state index contributed by atoms with van der Waals surface area (Å²) in [7, 11) is 0. The molecule has 2 atom stereocenters. The lowest BCUT2D eigenvalue weighted by Gasteiger charge is -2.45. The van der Waals surface area contributed by atoms with E-state index in [1.54, 1.807) is 4.90 Å². The molecule has 9 heteroatoms. The molecule has 0 aromatic heterocycles. The molecule has 0 spiro atoms. The number of likely N-dealkylation sites (tertiary alicyclic amines) is 1. The van der Waals surface area contributed by atoms with Crippen molar-refractivity contribution < 1.29 is 14.6 Å². The lowest BCUT2D eigenvalue weighted by molar-refractivity contribution is -0.618. The van der Waals surface area contributed by atoms with E-state index in [0.29, 0.717) is 6.54 Å². The Labute approximate surface area is 122 Å². The minimum atomic E-state index is -1.89. The van der Waals surface area contributed by atoms with Gasteiger partial charge in [-0.2, -0.15) is 0 Å². The summed E-state index contributed by atoms with van der Waals surface area (Å²) in [6, 6.07) is 0. The van der Waals surface area contributed by atoms with Crippen molar-refractivity contribution in [3.63, 3.8) is 0 Å². The molecule has 118 valence electrons. The maximum Gasteiger partial charge on any atom is 0.317 e. The third kappa shape index (κ3) is 2.57. The van der Waals surface area contributed by atoms with Crippen LogP contribution in [-0.4, -0.2) is 57.9 Å². The SMILES string of the molecule is CCCCCN1CC2([N+](=O)[O-])CNC(=O)C([N+](=O)[O-])(C1)C2. The summed E-state index contributed by atoms with van der Waals surface area (Å²) in [6.07, 6.45) is 2.45. The van der Waals surface area contributed by atoms with Crippen LogP contribution in [0.1, 0.15) is 32.6 Å². The zero-order chi connectivity index (χ0) is 15.7. The van der Waals surface area contributed by atoms with Crippen LogP contribution in [0.5, 0.6) is 0 Å². The number of nitrogens with one attached hydrogen (secondary N) is 1. The Morgan fingerprint density at radius 1 is 1.24 bits per heavy atom. The fraction of sp³-hybridized carbons (Fsp3) is 0.917. The molecule has 2 saturated heterocycles. The van der Waals surface area contributed by atoms with Crippen molar-refractivity contribution in [3.05, 3.63) is 20.2 Å². The van der Waals surface area contributed by atoms with Gasteiger partial charge < -0.3 is 5.32 Å². The van der Waals surface area contributed by atoms with Gasteiger partial charge in [0.2, 0.25) is 0 Å². The van der Waals surface area contributed by atoms with Gasteiger partial charge in [-0.25, -0.2) is 0 Å². The molecule has 2 rings (SSSR count). The number of amides is 1. The third-order valence-electron chi connectivity index (χ3n) is 4.44. The molecule has 0 aromatic rings. The molecule has 0 radical (unpaired) electrons. The van der Waals surface area contributed by atoms with Crippen LogP contribution in [0.2, 0.25) is 0 Å². The van der Waals surface area contributed by atoms with E-state index in [2.05, 4.69) is 5.32 Å². The number of carbonyl (C=O) groups is 1. The van der Waals surface area contributed by atoms with E-state index in [9.17, 15) is 25.0 Å². The second kappa shape index (κ2) is 5.55. The van der Waals surface area contributed by atoms with E-state index in [1.807, 2.05) is 6.92 Å². The third-order valence-corrected chi connectivity index (χ3v) is 4.44. The molecular weight excluding hydrogens is 280 g/mol. The zero-order valence-electron chi connectivity index (χ0n) is 12.0. The van der Waals surface area contributed by atoms with Gasteiger partial charge in [0, 0.05) is 9.85 Å². The Morgan fingerprint density at radius 3 is 2.52 bits per heavy atom. The fourth-order valence-electron chi connectivity index (χ4n) is 3.31. The highest BCUT2D eigenvalue weighted by molar-refractivity contribution is 5.86. The second-order valence-electron chi connectivity index (χ2n) is 6.05. The van der Waals surface area contributed by atoms with E-state index in [-0.39, 0.29) is 26.1 Å². The molecule has 1 amide bonds. The summed E-state index contributed by atoms with van der Waals surface area (Å²) in [5.41, 5.74) is -3.35. The number of piperidine rings is 2. The van der Waals surface area contributed by atoms with Crippen molar-refractivity contribution in [1.29, 1.82) is 0 Å². The quantitative estimate of drug-likeness (QED) is 0.420. The van der Waals surface area contributed by atoms with Crippen molar-refractivity contribution in [2.45, 2.75) is 43.7 Å². The summed E-state index contributed by atoms with van der Waals surface area (Å²) < 4.78 is 0. The highest BCUT2D eigenvalue weighted by Crippen LogP contribution is 2.36. The van der Waals surface area contributed by atoms with Crippen LogP contribution in [-0.2, 0) is 4.79 Å². The first-order valence-corrected chi connectivity index (χ1v) is 7.16. The number of hydrogen-bond donors (Lipinski definition) is 1. The van der Waals surface area contributed by atoms with Crippen molar-refractivity contribution in [2.75, 3.05) is 26.2 Å². The summed E-state index contributed by atoms with van der Waals surface area (Å²) >= 11 is 0. The summed E-state index contributed by atoms with van der Waals surface area (Å²) in [6.45, 7) is 2.55. The van der Waals surface area contributed by atoms with E-state index in [0.717, 1.165) is 19.3 Å². The van der Waals surface area contributed by atoms with Gasteiger partial charge in [0.05, 0.1) is 19.6 Å². The van der Waals surface area contributed by atoms with E-state index in [1.165, 1.54) is 0 Å². The van der Waals surface area contributed by atoms with Crippen LogP contribution in [0, 0.1) is 20.2 Å². The van der Waals surface area contributed by atoms with Crippen molar-refractivity contribution >= 4 is 5.91 Å². The Bertz CT molecular complexity index is 471. The zero-order valence-corrected chi connectivity index (χ0v) is 12.0. The van der Waals surface area contributed by atoms with Gasteiger partial charge in [0.25, 0.3) is 11.4 Å². The molecule has 2 heterocycles. The van der Waals surface area contributed by atoms with Crippen molar-refractivity contribution in [3.8, 4) is 0 Å². The van der Waals surface area contributed by atoms with Gasteiger partial charge in [0.1, 0.15) is 6.42 Å². The standard InChI is InChI=1S/C12H20N4O5/c1-2-3-4-5-14-8-11(15(18)19)6-12(9-14,16(20)21)10(17)13-7-11/h2-9H2,1H3,(H,13,17). The number of carbonyl (C=O) groups excluding carboxylic acids is 1. The molecule has 1 N–H and O–H groups in total. The van der Waals surface area contributed by atoms with Crippen LogP contribution in [0.25, 0.3) is 0 Å². The molecule has 9 nitrogen and oxygen atoms in total. The Hall–Kier alpha value is -1.77. The van der Waals surface area contributed by atoms with Crippen LogP contribution in [0.15, 0.2) is 0 Å². The number of rotatable bonds is 6. The molecule has 2 aliphatic heterocycles. The number of fused-ring (bicyclic) bond motifs is 2. The average molecular weight is 300 g/mol. The van der Waals surface area contributed by atoms with Gasteiger partial charge in [0.15, 0.2) is 0 Å². The molecule has 21 heavy (non-hydrogen) atoms. The number of hydrogen-bond acceptors (Lipinski definition) is 6. The minimum absolute atomic E-state index is 0.0505. The average Bonchev–Trinajstić information content (AvgIpc) is 2.43. The summed E-state index contributed by atoms with van der Waals surface area (Å²) in [5, 5.41) is 25.2. The molecule has 0 aliphatic carbocycles. The van der Waals surface area contributed by atoms with Gasteiger partial charge >= 0.3 is 5.54 Å². The maximum atomic E-state index is 12.0. The Morgan fingerprint density at radius 2 is 1.95 bits per heavy atom. The first-order chi connectivity index (χ1) is 9.86. The van der Waals surface area contributed by atoms with Gasteiger partial charge in [-0.15, -0.1) is 0 Å². The van der Waals surface area contributed by atoms with Crippen LogP contribution >= 0.6 is 0 Å². The molecule has 2 bridgehead atoms. The number of unbranched alkanes of at least 4 members (excludes halogenated alkanes) is 2. The fourth-order valence-corrected chi connectivity index (χ4v) is 3.31. The smallest absolute Gasteiger partial charge is 0.317 e. The van der Waals surface area contributed by atoms with Crippen LogP contribution < -0.4 is 5.32 Å². The molecule has 2 aliphatic rings. The van der Waals surface area contributed by atoms with Gasteiger partial charge in [-0.05, 0) is 13.0 Å². The topological polar surface area (TPSA) is 119 Å². The lowest BCUT2D eigenvalue weighted by Crippen LogP contribution is -2.76. The van der Waals surface area contributed by atoms with Crippen molar-refractivity contribution in [2.24, 2.45) is 0 Å². The van der Waals surface area contributed by atoms with Crippen LogP contribution in [0.3, 0.4) is 0 Å². The summed E-state index contributed by atoms with van der Waals surface area (Å²) in [4.78, 5) is 35.5. The van der Waals surface area contributed by atoms with Crippen LogP contribution in [0.4, 0.5) is 0 Å². The van der Waals surface area contributed by atoms with E-state index < -0.39 is 26.8 Å². The highest BCUT2D eigenvalue weighted by atomic mass is 16.6. The molecule has 0 saturated carbocycles. The Balaban J connectivity index is 2.28. The van der Waals surface area contributed by atoms with Crippen molar-refractivity contribution in [1.82, 2.24) is 10.2 Å². The van der Waals surface area contributed by atoms with E-state index in [4.69, 9.17) is 0 Å². The number of nitro groups is 2. The molecule has 2 fully saturated rings. The predicted molar refractivity (Wildman–Crippen MR) is 73.0 cm³/mol. The van der Waals surface area contributed by atoms with Gasteiger partial charge in [-0.3, -0.25) is 29.9 Å². The Kier molecular flexibility index (Phi) is 4.13. The second-order valence-corrected chi connectivity index (χ2v) is 6.05. The molecule has 0 aromatic carbocycles. The molecular formula is C12H20N4O5. The first-order valence-electron chi connectivity index (χ1n) is 7.16. The number of nitrogens with zero attached hydrogens (tertiary/aromatic N) is 3. The normalized spacial score (nSPS) is 32.5. The van der Waals surface area contributed by atoms with Gasteiger partial charge in [-0.1, -0.05) is 19.8 Å². The largest absolute Gasteiger partial charge is 0.343 e. The maximum absolute atomic E-state index is 12.0.